The van der Waals surface area contributed by atoms with Crippen LogP contribution in [0.15, 0.2) is 78.3 Å². The number of hydrogen-bond donors (Lipinski definition) is 1. The molecule has 1 fully saturated rings. The second-order valence-corrected chi connectivity index (χ2v) is 8.68. The summed E-state index contributed by atoms with van der Waals surface area (Å²) in [5.74, 6) is -1.91. The van der Waals surface area contributed by atoms with Gasteiger partial charge in [-0.05, 0) is 49.2 Å². The van der Waals surface area contributed by atoms with E-state index in [1.54, 1.807) is 12.3 Å². The van der Waals surface area contributed by atoms with Crippen molar-refractivity contribution in [1.82, 2.24) is 9.88 Å². The van der Waals surface area contributed by atoms with Crippen molar-refractivity contribution in [1.29, 1.82) is 0 Å². The van der Waals surface area contributed by atoms with E-state index in [1.807, 2.05) is 42.5 Å². The van der Waals surface area contributed by atoms with Gasteiger partial charge in [0, 0.05) is 30.5 Å². The SMILES string of the molecule is O=C(Nc1ccc2cc(CN3CCCC3)cnc2c1F)C1=C(F)CC(c2ccccc2)C=C1. The van der Waals surface area contributed by atoms with Crippen molar-refractivity contribution in [3.8, 4) is 0 Å². The fourth-order valence-corrected chi connectivity index (χ4v) is 4.59. The summed E-state index contributed by atoms with van der Waals surface area (Å²) < 4.78 is 29.9. The molecule has 0 radical (unpaired) electrons. The van der Waals surface area contributed by atoms with Crippen molar-refractivity contribution in [2.75, 3.05) is 18.4 Å². The number of rotatable bonds is 5. The number of hydrogen-bond acceptors (Lipinski definition) is 3. The van der Waals surface area contributed by atoms with Crippen molar-refractivity contribution in [3.63, 3.8) is 0 Å². The number of halogens is 2. The van der Waals surface area contributed by atoms with Crippen LogP contribution in [0.2, 0.25) is 0 Å². The highest BCUT2D eigenvalue weighted by Gasteiger charge is 2.23. The van der Waals surface area contributed by atoms with Crippen molar-refractivity contribution in [2.45, 2.75) is 31.7 Å². The molecule has 1 aliphatic heterocycles. The molecule has 33 heavy (non-hydrogen) atoms. The third kappa shape index (κ3) is 4.57. The Morgan fingerprint density at radius 1 is 1.09 bits per heavy atom. The Morgan fingerprint density at radius 3 is 2.64 bits per heavy atom. The summed E-state index contributed by atoms with van der Waals surface area (Å²) in [5, 5.41) is 3.20. The average molecular weight is 446 g/mol. The molecule has 3 aromatic rings. The van der Waals surface area contributed by atoms with E-state index in [0.717, 1.165) is 30.8 Å². The van der Waals surface area contributed by atoms with E-state index in [0.29, 0.717) is 5.39 Å². The molecule has 0 spiro atoms. The van der Waals surface area contributed by atoms with Gasteiger partial charge in [-0.3, -0.25) is 14.7 Å². The molecular formula is C27H25F2N3O. The quantitative estimate of drug-likeness (QED) is 0.534. The van der Waals surface area contributed by atoms with E-state index in [1.165, 1.54) is 25.0 Å². The molecule has 1 aromatic heterocycles. The third-order valence-electron chi connectivity index (χ3n) is 6.36. The lowest BCUT2D eigenvalue weighted by Gasteiger charge is -2.18. The summed E-state index contributed by atoms with van der Waals surface area (Å²) in [6, 6.07) is 14.8. The number of amides is 1. The second kappa shape index (κ2) is 9.24. The molecule has 6 heteroatoms. The number of benzene rings is 2. The Kier molecular flexibility index (Phi) is 6.01. The highest BCUT2D eigenvalue weighted by molar-refractivity contribution is 6.07. The first-order chi connectivity index (χ1) is 16.1. The molecule has 0 bridgehead atoms. The molecule has 5 rings (SSSR count). The van der Waals surface area contributed by atoms with Crippen LogP contribution in [0.5, 0.6) is 0 Å². The summed E-state index contributed by atoms with van der Waals surface area (Å²) in [7, 11) is 0. The van der Waals surface area contributed by atoms with E-state index in [4.69, 9.17) is 0 Å². The van der Waals surface area contributed by atoms with Gasteiger partial charge in [-0.25, -0.2) is 8.78 Å². The summed E-state index contributed by atoms with van der Waals surface area (Å²) >= 11 is 0. The number of likely N-dealkylation sites (tertiary alicyclic amines) is 1. The first-order valence-electron chi connectivity index (χ1n) is 11.3. The molecule has 1 N–H and O–H groups in total. The number of aromatic nitrogens is 1. The lowest BCUT2D eigenvalue weighted by molar-refractivity contribution is -0.112. The maximum atomic E-state index is 15.1. The Morgan fingerprint density at radius 2 is 1.88 bits per heavy atom. The van der Waals surface area contributed by atoms with Gasteiger partial charge in [-0.2, -0.15) is 0 Å². The minimum atomic E-state index is -0.667. The number of fused-ring (bicyclic) bond motifs is 1. The van der Waals surface area contributed by atoms with E-state index >= 15 is 4.39 Å². The van der Waals surface area contributed by atoms with Crippen LogP contribution in [-0.4, -0.2) is 28.9 Å². The number of allylic oxidation sites excluding steroid dienone is 2. The van der Waals surface area contributed by atoms with Crippen LogP contribution in [0.1, 0.15) is 36.3 Å². The third-order valence-corrected chi connectivity index (χ3v) is 6.36. The zero-order valence-electron chi connectivity index (χ0n) is 18.2. The van der Waals surface area contributed by atoms with Crippen LogP contribution in [-0.2, 0) is 11.3 Å². The van der Waals surface area contributed by atoms with Crippen LogP contribution in [0, 0.1) is 5.82 Å². The van der Waals surface area contributed by atoms with Gasteiger partial charge in [0.05, 0.1) is 11.3 Å². The first kappa shape index (κ1) is 21.5. The minimum Gasteiger partial charge on any atom is -0.319 e. The van der Waals surface area contributed by atoms with Gasteiger partial charge in [-0.1, -0.05) is 48.6 Å². The van der Waals surface area contributed by atoms with Crippen LogP contribution in [0.4, 0.5) is 14.5 Å². The number of nitrogens with one attached hydrogen (secondary N) is 1. The Balaban J connectivity index is 1.31. The monoisotopic (exact) mass is 445 g/mol. The molecule has 1 unspecified atom stereocenters. The summed E-state index contributed by atoms with van der Waals surface area (Å²) in [5.41, 5.74) is 2.13. The van der Waals surface area contributed by atoms with Crippen LogP contribution >= 0.6 is 0 Å². The predicted molar refractivity (Wildman–Crippen MR) is 126 cm³/mol. The van der Waals surface area contributed by atoms with Crippen LogP contribution in [0.25, 0.3) is 10.9 Å². The number of carbonyl (C=O) groups is 1. The van der Waals surface area contributed by atoms with Gasteiger partial charge >= 0.3 is 0 Å². The van der Waals surface area contributed by atoms with Crippen LogP contribution in [0.3, 0.4) is 0 Å². The molecule has 0 saturated carbocycles. The average Bonchev–Trinajstić information content (AvgIpc) is 3.34. The van der Waals surface area contributed by atoms with Gasteiger partial charge < -0.3 is 5.32 Å². The van der Waals surface area contributed by atoms with Gasteiger partial charge in [0.1, 0.15) is 11.3 Å². The summed E-state index contributed by atoms with van der Waals surface area (Å²) in [6.07, 6.45) is 7.49. The van der Waals surface area contributed by atoms with Crippen LogP contribution < -0.4 is 5.32 Å². The van der Waals surface area contributed by atoms with Crippen molar-refractivity contribution in [3.05, 3.63) is 95.2 Å². The molecule has 2 aromatic carbocycles. The Bertz CT molecular complexity index is 1250. The number of carbonyl (C=O) groups excluding carboxylic acids is 1. The van der Waals surface area contributed by atoms with Gasteiger partial charge in [0.15, 0.2) is 5.82 Å². The molecule has 1 aliphatic carbocycles. The lowest BCUT2D eigenvalue weighted by atomic mass is 9.89. The van der Waals surface area contributed by atoms with Gasteiger partial charge in [0.25, 0.3) is 5.91 Å². The number of anilines is 1. The van der Waals surface area contributed by atoms with E-state index < -0.39 is 17.6 Å². The summed E-state index contributed by atoms with van der Waals surface area (Å²) in [4.78, 5) is 19.4. The van der Waals surface area contributed by atoms with Gasteiger partial charge in [-0.15, -0.1) is 0 Å². The molecule has 1 saturated heterocycles. The molecule has 4 nitrogen and oxygen atoms in total. The maximum Gasteiger partial charge on any atom is 0.258 e. The number of nitrogens with zero attached hydrogens (tertiary/aromatic N) is 2. The Labute approximate surface area is 191 Å². The highest BCUT2D eigenvalue weighted by Crippen LogP contribution is 2.33. The minimum absolute atomic E-state index is 0.00817. The zero-order chi connectivity index (χ0) is 22.8. The van der Waals surface area contributed by atoms with Crippen molar-refractivity contribution < 1.29 is 13.6 Å². The largest absolute Gasteiger partial charge is 0.319 e. The van der Waals surface area contributed by atoms with Crippen molar-refractivity contribution in [2.24, 2.45) is 0 Å². The molecule has 2 heterocycles. The normalized spacial score (nSPS) is 18.8. The molecule has 1 amide bonds. The fraction of sp³-hybridized carbons (Fsp3) is 0.259. The highest BCUT2D eigenvalue weighted by atomic mass is 19.1. The summed E-state index contributed by atoms with van der Waals surface area (Å²) in [6.45, 7) is 2.95. The topological polar surface area (TPSA) is 45.2 Å². The molecular weight excluding hydrogens is 420 g/mol. The second-order valence-electron chi connectivity index (χ2n) is 8.68. The first-order valence-corrected chi connectivity index (χ1v) is 11.3. The smallest absolute Gasteiger partial charge is 0.258 e. The fourth-order valence-electron chi connectivity index (χ4n) is 4.59. The van der Waals surface area contributed by atoms with Crippen molar-refractivity contribution >= 4 is 22.5 Å². The number of pyridine rings is 1. The van der Waals surface area contributed by atoms with Gasteiger partial charge in [0.2, 0.25) is 0 Å². The molecule has 2 aliphatic rings. The lowest BCUT2D eigenvalue weighted by Crippen LogP contribution is -2.18. The molecule has 1 atom stereocenters. The zero-order valence-corrected chi connectivity index (χ0v) is 18.2. The maximum absolute atomic E-state index is 15.1. The molecule has 168 valence electrons. The predicted octanol–water partition coefficient (Wildman–Crippen LogP) is 5.88. The standard InChI is InChI=1S/C27H25F2N3O/c28-23-15-20(19-6-2-1-3-7-19)8-10-22(23)27(33)31-24-11-9-21-14-18(16-30-26(21)25(24)29)17-32-12-4-5-13-32/h1-3,6-11,14,16,20H,4-5,12-13,15,17H2,(H,31,33). The Hall–Kier alpha value is -3.38. The van der Waals surface area contributed by atoms with E-state index in [2.05, 4.69) is 15.2 Å². The van der Waals surface area contributed by atoms with E-state index in [9.17, 15) is 9.18 Å². The van der Waals surface area contributed by atoms with E-state index in [-0.39, 0.29) is 29.1 Å².